The fourth-order valence-corrected chi connectivity index (χ4v) is 5.37. The number of amides is 1. The van der Waals surface area contributed by atoms with E-state index < -0.39 is 21.7 Å². The number of fused-ring (bicyclic) bond motifs is 1. The van der Waals surface area contributed by atoms with Crippen LogP contribution in [0.1, 0.15) is 30.0 Å². The standard InChI is InChI=1S/C22H23FN2O5S/c1-13-11-25(12-14(2)29-13)31(27,28)18-7-5-17(6-8-18)24-22(26)21-15(3)19-10-16(23)4-9-20(19)30-21/h4-10,13-14H,11-12H2,1-3H3,(H,24,26)/t13-,14+. The van der Waals surface area contributed by atoms with Crippen LogP contribution in [0.25, 0.3) is 11.0 Å². The molecule has 0 aliphatic carbocycles. The van der Waals surface area contributed by atoms with Crippen LogP contribution in [0.4, 0.5) is 10.1 Å². The van der Waals surface area contributed by atoms with Crippen LogP contribution >= 0.6 is 0 Å². The van der Waals surface area contributed by atoms with Gasteiger partial charge in [0.1, 0.15) is 11.4 Å². The maximum Gasteiger partial charge on any atom is 0.291 e. The summed E-state index contributed by atoms with van der Waals surface area (Å²) in [4.78, 5) is 12.8. The molecule has 1 aromatic heterocycles. The minimum absolute atomic E-state index is 0.0774. The van der Waals surface area contributed by atoms with E-state index in [9.17, 15) is 17.6 Å². The van der Waals surface area contributed by atoms with Crippen molar-refractivity contribution in [1.82, 2.24) is 4.31 Å². The number of rotatable bonds is 4. The molecule has 1 N–H and O–H groups in total. The number of carbonyl (C=O) groups is 1. The van der Waals surface area contributed by atoms with Crippen molar-refractivity contribution >= 4 is 32.6 Å². The van der Waals surface area contributed by atoms with E-state index >= 15 is 0 Å². The molecule has 9 heteroatoms. The fourth-order valence-electron chi connectivity index (χ4n) is 3.78. The van der Waals surface area contributed by atoms with Gasteiger partial charge in [0.05, 0.1) is 17.1 Å². The molecule has 1 aliphatic heterocycles. The molecule has 1 aliphatic rings. The quantitative estimate of drug-likeness (QED) is 0.656. The van der Waals surface area contributed by atoms with Crippen LogP contribution in [0.3, 0.4) is 0 Å². The molecule has 4 rings (SSSR count). The number of hydrogen-bond acceptors (Lipinski definition) is 5. The predicted molar refractivity (Wildman–Crippen MR) is 114 cm³/mol. The van der Waals surface area contributed by atoms with Crippen LogP contribution in [0.5, 0.6) is 0 Å². The molecule has 0 saturated carbocycles. The third kappa shape index (κ3) is 4.21. The lowest BCUT2D eigenvalue weighted by molar-refractivity contribution is -0.0440. The Hall–Kier alpha value is -2.75. The highest BCUT2D eigenvalue weighted by Gasteiger charge is 2.32. The maximum absolute atomic E-state index is 13.5. The number of benzene rings is 2. The summed E-state index contributed by atoms with van der Waals surface area (Å²) in [5, 5.41) is 3.22. The van der Waals surface area contributed by atoms with Crippen LogP contribution in [-0.2, 0) is 14.8 Å². The van der Waals surface area contributed by atoms with E-state index in [0.717, 1.165) is 0 Å². The maximum atomic E-state index is 13.5. The zero-order valence-electron chi connectivity index (χ0n) is 17.4. The van der Waals surface area contributed by atoms with Gasteiger partial charge in [-0.25, -0.2) is 12.8 Å². The van der Waals surface area contributed by atoms with Gasteiger partial charge in [-0.3, -0.25) is 4.79 Å². The third-order valence-electron chi connectivity index (χ3n) is 5.24. The van der Waals surface area contributed by atoms with E-state index in [4.69, 9.17) is 9.15 Å². The van der Waals surface area contributed by atoms with Gasteiger partial charge in [-0.2, -0.15) is 4.31 Å². The Morgan fingerprint density at radius 2 is 1.74 bits per heavy atom. The SMILES string of the molecule is Cc1c(C(=O)Nc2ccc(S(=O)(=O)N3C[C@@H](C)O[C@@H](C)C3)cc2)oc2ccc(F)cc12. The van der Waals surface area contributed by atoms with E-state index in [1.54, 1.807) is 6.92 Å². The van der Waals surface area contributed by atoms with Gasteiger partial charge >= 0.3 is 0 Å². The summed E-state index contributed by atoms with van der Waals surface area (Å²) in [5.74, 6) is -0.835. The number of aryl methyl sites for hydroxylation is 1. The van der Waals surface area contributed by atoms with Gasteiger partial charge in [0.25, 0.3) is 5.91 Å². The van der Waals surface area contributed by atoms with E-state index in [0.29, 0.717) is 22.2 Å². The summed E-state index contributed by atoms with van der Waals surface area (Å²) in [5.41, 5.74) is 1.36. The minimum atomic E-state index is -3.67. The number of morpholine rings is 1. The van der Waals surface area contributed by atoms with Crippen molar-refractivity contribution in [2.24, 2.45) is 0 Å². The average molecular weight is 447 g/mol. The highest BCUT2D eigenvalue weighted by Crippen LogP contribution is 2.27. The number of carbonyl (C=O) groups excluding carboxylic acids is 1. The molecule has 0 bridgehead atoms. The minimum Gasteiger partial charge on any atom is -0.451 e. The van der Waals surface area contributed by atoms with Crippen molar-refractivity contribution in [1.29, 1.82) is 0 Å². The van der Waals surface area contributed by atoms with Gasteiger partial charge in [0.15, 0.2) is 5.76 Å². The number of ether oxygens (including phenoxy) is 1. The number of halogens is 1. The first-order valence-electron chi connectivity index (χ1n) is 9.91. The lowest BCUT2D eigenvalue weighted by atomic mass is 10.1. The molecular formula is C22H23FN2O5S. The second-order valence-electron chi connectivity index (χ2n) is 7.75. The van der Waals surface area contributed by atoms with Crippen LogP contribution in [0, 0.1) is 12.7 Å². The Labute approximate surface area is 179 Å². The molecular weight excluding hydrogens is 423 g/mol. The molecule has 1 amide bonds. The van der Waals surface area contributed by atoms with E-state index in [1.165, 1.54) is 46.8 Å². The van der Waals surface area contributed by atoms with Crippen LogP contribution in [0.15, 0.2) is 51.8 Å². The Bertz CT molecular complexity index is 1230. The van der Waals surface area contributed by atoms with Gasteiger partial charge < -0.3 is 14.5 Å². The van der Waals surface area contributed by atoms with Gasteiger partial charge in [-0.1, -0.05) is 0 Å². The Balaban J connectivity index is 1.52. The molecule has 31 heavy (non-hydrogen) atoms. The number of furan rings is 1. The van der Waals surface area contributed by atoms with Crippen molar-refractivity contribution in [2.75, 3.05) is 18.4 Å². The van der Waals surface area contributed by atoms with Crippen molar-refractivity contribution in [3.63, 3.8) is 0 Å². The number of nitrogens with one attached hydrogen (secondary N) is 1. The number of anilines is 1. The van der Waals surface area contributed by atoms with Crippen molar-refractivity contribution in [2.45, 2.75) is 37.9 Å². The number of sulfonamides is 1. The molecule has 7 nitrogen and oxygen atoms in total. The second-order valence-corrected chi connectivity index (χ2v) is 9.69. The largest absolute Gasteiger partial charge is 0.451 e. The first kappa shape index (κ1) is 21.5. The summed E-state index contributed by atoms with van der Waals surface area (Å²) < 4.78 is 52.0. The normalized spacial score (nSPS) is 20.1. The van der Waals surface area contributed by atoms with Crippen LogP contribution < -0.4 is 5.32 Å². The molecule has 1 saturated heterocycles. The number of hydrogen-bond donors (Lipinski definition) is 1. The van der Waals surface area contributed by atoms with Gasteiger partial charge in [0.2, 0.25) is 10.0 Å². The van der Waals surface area contributed by atoms with Gasteiger partial charge in [-0.15, -0.1) is 0 Å². The smallest absolute Gasteiger partial charge is 0.291 e. The monoisotopic (exact) mass is 446 g/mol. The zero-order valence-corrected chi connectivity index (χ0v) is 18.2. The first-order valence-corrected chi connectivity index (χ1v) is 11.3. The average Bonchev–Trinajstić information content (AvgIpc) is 3.04. The van der Waals surface area contributed by atoms with Crippen LogP contribution in [-0.4, -0.2) is 43.9 Å². The highest BCUT2D eigenvalue weighted by atomic mass is 32.2. The molecule has 164 valence electrons. The fraction of sp³-hybridized carbons (Fsp3) is 0.318. The topological polar surface area (TPSA) is 88.9 Å². The Morgan fingerprint density at radius 1 is 1.10 bits per heavy atom. The molecule has 1 fully saturated rings. The molecule has 0 radical (unpaired) electrons. The Kier molecular flexibility index (Phi) is 5.59. The van der Waals surface area contributed by atoms with E-state index in [-0.39, 0.29) is 36.0 Å². The third-order valence-corrected chi connectivity index (χ3v) is 7.09. The lowest BCUT2D eigenvalue weighted by Crippen LogP contribution is -2.48. The predicted octanol–water partition coefficient (Wildman–Crippen LogP) is 3.93. The molecule has 3 aromatic rings. The second kappa shape index (κ2) is 8.07. The molecule has 2 atom stereocenters. The first-order chi connectivity index (χ1) is 14.6. The number of nitrogens with zero attached hydrogens (tertiary/aromatic N) is 1. The highest BCUT2D eigenvalue weighted by molar-refractivity contribution is 7.89. The lowest BCUT2D eigenvalue weighted by Gasteiger charge is -2.34. The van der Waals surface area contributed by atoms with Crippen molar-refractivity contribution < 1.29 is 26.8 Å². The summed E-state index contributed by atoms with van der Waals surface area (Å²) in [6, 6.07) is 10.0. The van der Waals surface area contributed by atoms with E-state index in [1.807, 2.05) is 13.8 Å². The van der Waals surface area contributed by atoms with Crippen molar-refractivity contribution in [3.8, 4) is 0 Å². The van der Waals surface area contributed by atoms with Crippen LogP contribution in [0.2, 0.25) is 0 Å². The summed E-state index contributed by atoms with van der Waals surface area (Å²) >= 11 is 0. The summed E-state index contributed by atoms with van der Waals surface area (Å²) in [7, 11) is -3.67. The molecule has 0 spiro atoms. The van der Waals surface area contributed by atoms with Crippen molar-refractivity contribution in [3.05, 3.63) is 59.6 Å². The molecule has 2 aromatic carbocycles. The summed E-state index contributed by atoms with van der Waals surface area (Å²) in [6.45, 7) is 5.94. The zero-order chi connectivity index (χ0) is 22.3. The Morgan fingerprint density at radius 3 is 2.39 bits per heavy atom. The summed E-state index contributed by atoms with van der Waals surface area (Å²) in [6.07, 6.45) is -0.366. The van der Waals surface area contributed by atoms with Gasteiger partial charge in [-0.05, 0) is 63.2 Å². The molecule has 2 heterocycles. The van der Waals surface area contributed by atoms with Gasteiger partial charge in [0, 0.05) is 29.7 Å². The molecule has 0 unspecified atom stereocenters. The van der Waals surface area contributed by atoms with E-state index in [2.05, 4.69) is 5.32 Å².